The number of ether oxygens (including phenoxy) is 1. The fraction of sp³-hybridized carbons (Fsp3) is 0.381. The molecule has 5 nitrogen and oxygen atoms in total. The van der Waals surface area contributed by atoms with Crippen LogP contribution in [0.5, 0.6) is 5.75 Å². The van der Waals surface area contributed by atoms with Gasteiger partial charge in [-0.05, 0) is 42.0 Å². The van der Waals surface area contributed by atoms with Gasteiger partial charge in [0.25, 0.3) is 0 Å². The number of anilines is 1. The van der Waals surface area contributed by atoms with E-state index in [4.69, 9.17) is 16.3 Å². The van der Waals surface area contributed by atoms with Crippen LogP contribution in [0.4, 0.5) is 5.69 Å². The van der Waals surface area contributed by atoms with Gasteiger partial charge in [0.1, 0.15) is 5.75 Å². The molecule has 3 rings (SSSR count). The molecular formula is C21H26ClN3O2. The quantitative estimate of drug-likeness (QED) is 0.763. The molecule has 0 unspecified atom stereocenters. The van der Waals surface area contributed by atoms with Gasteiger partial charge in [-0.25, -0.2) is 0 Å². The van der Waals surface area contributed by atoms with E-state index in [9.17, 15) is 4.79 Å². The molecule has 0 saturated carbocycles. The van der Waals surface area contributed by atoms with E-state index in [-0.39, 0.29) is 5.91 Å². The Bertz CT molecular complexity index is 741. The summed E-state index contributed by atoms with van der Waals surface area (Å²) in [6.07, 6.45) is 0. The zero-order chi connectivity index (χ0) is 19.2. The standard InChI is InChI=1S/C21H26ClN3O2/c1-23(15-17-3-5-18(22)6-4-17)21(26)16-24-11-13-25(14-12-24)19-7-9-20(27-2)10-8-19/h3-10H,11-16H2,1-2H3. The van der Waals surface area contributed by atoms with E-state index in [0.717, 1.165) is 37.5 Å². The Morgan fingerprint density at radius 2 is 1.67 bits per heavy atom. The topological polar surface area (TPSA) is 36.0 Å². The molecule has 2 aromatic rings. The number of hydrogen-bond donors (Lipinski definition) is 0. The highest BCUT2D eigenvalue weighted by atomic mass is 35.5. The van der Waals surface area contributed by atoms with E-state index in [0.29, 0.717) is 18.1 Å². The first-order valence-electron chi connectivity index (χ1n) is 9.15. The first-order valence-corrected chi connectivity index (χ1v) is 9.53. The average Bonchev–Trinajstić information content (AvgIpc) is 2.70. The van der Waals surface area contributed by atoms with Crippen molar-refractivity contribution in [2.75, 3.05) is 51.8 Å². The molecule has 0 atom stereocenters. The fourth-order valence-corrected chi connectivity index (χ4v) is 3.35. The van der Waals surface area contributed by atoms with Crippen molar-refractivity contribution in [2.45, 2.75) is 6.54 Å². The number of methoxy groups -OCH3 is 1. The summed E-state index contributed by atoms with van der Waals surface area (Å²) in [6, 6.07) is 15.8. The van der Waals surface area contributed by atoms with Crippen LogP contribution in [0.3, 0.4) is 0 Å². The van der Waals surface area contributed by atoms with Crippen molar-refractivity contribution in [1.82, 2.24) is 9.80 Å². The van der Waals surface area contributed by atoms with Gasteiger partial charge < -0.3 is 14.5 Å². The molecule has 1 saturated heterocycles. The summed E-state index contributed by atoms with van der Waals surface area (Å²) in [4.78, 5) is 18.9. The SMILES string of the molecule is COc1ccc(N2CCN(CC(=O)N(C)Cc3ccc(Cl)cc3)CC2)cc1. The van der Waals surface area contributed by atoms with Gasteiger partial charge in [0.15, 0.2) is 0 Å². The lowest BCUT2D eigenvalue weighted by Gasteiger charge is -2.36. The molecule has 0 bridgehead atoms. The Labute approximate surface area is 166 Å². The molecule has 0 aromatic heterocycles. The first-order chi connectivity index (χ1) is 13.0. The molecule has 144 valence electrons. The summed E-state index contributed by atoms with van der Waals surface area (Å²) in [5.74, 6) is 1.01. The molecule has 0 spiro atoms. The lowest BCUT2D eigenvalue weighted by molar-refractivity contribution is -0.131. The van der Waals surface area contributed by atoms with Crippen molar-refractivity contribution in [3.8, 4) is 5.75 Å². The highest BCUT2D eigenvalue weighted by Crippen LogP contribution is 2.20. The zero-order valence-corrected chi connectivity index (χ0v) is 16.7. The largest absolute Gasteiger partial charge is 0.497 e. The van der Waals surface area contributed by atoms with Crippen molar-refractivity contribution in [3.05, 3.63) is 59.1 Å². The number of nitrogens with zero attached hydrogens (tertiary/aromatic N) is 3. The van der Waals surface area contributed by atoms with Gasteiger partial charge in [-0.2, -0.15) is 0 Å². The maximum absolute atomic E-state index is 12.5. The number of piperazine rings is 1. The third kappa shape index (κ3) is 5.37. The fourth-order valence-electron chi connectivity index (χ4n) is 3.22. The van der Waals surface area contributed by atoms with Crippen LogP contribution in [-0.4, -0.2) is 62.6 Å². The molecule has 1 amide bonds. The van der Waals surface area contributed by atoms with Crippen LogP contribution >= 0.6 is 11.6 Å². The second-order valence-corrected chi connectivity index (χ2v) is 7.27. The van der Waals surface area contributed by atoms with Crippen molar-refractivity contribution in [1.29, 1.82) is 0 Å². The first kappa shape index (κ1) is 19.5. The summed E-state index contributed by atoms with van der Waals surface area (Å²) in [5.41, 5.74) is 2.28. The molecule has 1 aliphatic heterocycles. The molecule has 6 heteroatoms. The van der Waals surface area contributed by atoms with E-state index in [1.165, 1.54) is 5.69 Å². The Kier molecular flexibility index (Phi) is 6.58. The van der Waals surface area contributed by atoms with Crippen molar-refractivity contribution in [3.63, 3.8) is 0 Å². The van der Waals surface area contributed by atoms with Crippen LogP contribution in [0.15, 0.2) is 48.5 Å². The number of benzene rings is 2. The van der Waals surface area contributed by atoms with Gasteiger partial charge in [0.05, 0.1) is 13.7 Å². The Hall–Kier alpha value is -2.24. The number of hydrogen-bond acceptors (Lipinski definition) is 4. The second-order valence-electron chi connectivity index (χ2n) is 6.84. The van der Waals surface area contributed by atoms with Crippen LogP contribution in [0, 0.1) is 0 Å². The smallest absolute Gasteiger partial charge is 0.236 e. The van der Waals surface area contributed by atoms with Crippen molar-refractivity contribution < 1.29 is 9.53 Å². The van der Waals surface area contributed by atoms with Gasteiger partial charge in [0.2, 0.25) is 5.91 Å². The Balaban J connectivity index is 1.46. The third-order valence-electron chi connectivity index (χ3n) is 4.93. The van der Waals surface area contributed by atoms with Gasteiger partial charge >= 0.3 is 0 Å². The van der Waals surface area contributed by atoms with E-state index < -0.39 is 0 Å². The van der Waals surface area contributed by atoms with Crippen LogP contribution in [0.2, 0.25) is 5.02 Å². The third-order valence-corrected chi connectivity index (χ3v) is 5.18. The van der Waals surface area contributed by atoms with E-state index in [2.05, 4.69) is 21.9 Å². The summed E-state index contributed by atoms with van der Waals surface area (Å²) >= 11 is 5.91. The van der Waals surface area contributed by atoms with Crippen molar-refractivity contribution in [2.24, 2.45) is 0 Å². The summed E-state index contributed by atoms with van der Waals surface area (Å²) in [5, 5.41) is 0.711. The average molecular weight is 388 g/mol. The van der Waals surface area contributed by atoms with Gasteiger partial charge in [-0.15, -0.1) is 0 Å². The molecule has 1 heterocycles. The highest BCUT2D eigenvalue weighted by Gasteiger charge is 2.20. The van der Waals surface area contributed by atoms with E-state index >= 15 is 0 Å². The van der Waals surface area contributed by atoms with Crippen LogP contribution in [0.1, 0.15) is 5.56 Å². The van der Waals surface area contributed by atoms with Gasteiger partial charge in [0, 0.05) is 50.5 Å². The molecule has 1 aliphatic rings. The van der Waals surface area contributed by atoms with Crippen LogP contribution in [0.25, 0.3) is 0 Å². The lowest BCUT2D eigenvalue weighted by atomic mass is 10.2. The summed E-state index contributed by atoms with van der Waals surface area (Å²) < 4.78 is 5.21. The summed E-state index contributed by atoms with van der Waals surface area (Å²) in [6.45, 7) is 4.66. The van der Waals surface area contributed by atoms with E-state index in [1.807, 2.05) is 43.4 Å². The predicted octanol–water partition coefficient (Wildman–Crippen LogP) is 3.13. The van der Waals surface area contributed by atoms with Crippen LogP contribution < -0.4 is 9.64 Å². The minimum absolute atomic E-state index is 0.142. The second kappa shape index (κ2) is 9.11. The number of rotatable bonds is 6. The molecule has 2 aromatic carbocycles. The minimum Gasteiger partial charge on any atom is -0.497 e. The monoisotopic (exact) mass is 387 g/mol. The van der Waals surface area contributed by atoms with Gasteiger partial charge in [-0.3, -0.25) is 9.69 Å². The van der Waals surface area contributed by atoms with Crippen LogP contribution in [-0.2, 0) is 11.3 Å². The molecule has 0 N–H and O–H groups in total. The molecule has 0 aliphatic carbocycles. The molecule has 1 fully saturated rings. The normalized spacial score (nSPS) is 14.9. The number of carbonyl (C=O) groups is 1. The Morgan fingerprint density at radius 1 is 1.04 bits per heavy atom. The number of carbonyl (C=O) groups excluding carboxylic acids is 1. The van der Waals surface area contributed by atoms with Crippen molar-refractivity contribution >= 4 is 23.2 Å². The minimum atomic E-state index is 0.142. The van der Waals surface area contributed by atoms with E-state index in [1.54, 1.807) is 12.0 Å². The molecule has 0 radical (unpaired) electrons. The van der Waals surface area contributed by atoms with Gasteiger partial charge in [-0.1, -0.05) is 23.7 Å². The zero-order valence-electron chi connectivity index (χ0n) is 15.9. The predicted molar refractivity (Wildman–Crippen MR) is 110 cm³/mol. The molecular weight excluding hydrogens is 362 g/mol. The lowest BCUT2D eigenvalue weighted by Crippen LogP contribution is -2.49. The molecule has 27 heavy (non-hydrogen) atoms. The number of halogens is 1. The summed E-state index contributed by atoms with van der Waals surface area (Å²) in [7, 11) is 3.53. The number of amides is 1. The maximum Gasteiger partial charge on any atom is 0.236 e. The number of likely N-dealkylation sites (N-methyl/N-ethyl adjacent to an activating group) is 1. The maximum atomic E-state index is 12.5. The Morgan fingerprint density at radius 3 is 2.26 bits per heavy atom. The highest BCUT2D eigenvalue weighted by molar-refractivity contribution is 6.30.